The van der Waals surface area contributed by atoms with Gasteiger partial charge in [0.2, 0.25) is 0 Å². The number of aromatic nitrogens is 2. The van der Waals surface area contributed by atoms with Crippen molar-refractivity contribution in [1.82, 2.24) is 9.97 Å². The van der Waals surface area contributed by atoms with Crippen molar-refractivity contribution in [3.8, 4) is 17.1 Å². The summed E-state index contributed by atoms with van der Waals surface area (Å²) in [7, 11) is 0. The van der Waals surface area contributed by atoms with Gasteiger partial charge in [-0.1, -0.05) is 49.4 Å². The minimum absolute atomic E-state index is 0.0492. The third-order valence-corrected chi connectivity index (χ3v) is 4.79. The molecule has 0 unspecified atom stereocenters. The fourth-order valence-corrected chi connectivity index (χ4v) is 3.19. The van der Waals surface area contributed by atoms with Gasteiger partial charge in [-0.15, -0.1) is 0 Å². The van der Waals surface area contributed by atoms with Crippen LogP contribution in [0.3, 0.4) is 0 Å². The fraction of sp³-hybridized carbons (Fsp3) is 0.182. The number of phenols is 1. The van der Waals surface area contributed by atoms with Crippen LogP contribution in [-0.2, 0) is 0 Å². The minimum atomic E-state index is 0.0492. The molecule has 0 saturated carbocycles. The van der Waals surface area contributed by atoms with Crippen LogP contribution in [0.25, 0.3) is 33.1 Å². The molecule has 3 aromatic carbocycles. The predicted molar refractivity (Wildman–Crippen MR) is 111 cm³/mol. The van der Waals surface area contributed by atoms with E-state index in [2.05, 4.69) is 12.2 Å². The number of nitrogens with two attached hydrogens (primary N) is 1. The molecule has 5 heteroatoms. The van der Waals surface area contributed by atoms with E-state index in [0.717, 1.165) is 33.9 Å². The molecule has 0 aliphatic carbocycles. The van der Waals surface area contributed by atoms with E-state index in [0.29, 0.717) is 17.9 Å². The maximum atomic E-state index is 10.6. The molecule has 1 heterocycles. The zero-order valence-electron chi connectivity index (χ0n) is 15.2. The second-order valence-electron chi connectivity index (χ2n) is 6.64. The van der Waals surface area contributed by atoms with Crippen molar-refractivity contribution in [3.05, 3.63) is 60.7 Å². The molecule has 4 N–H and O–H groups in total. The number of phenolic OH excluding ortho intramolecular Hbond substituents is 1. The van der Waals surface area contributed by atoms with E-state index in [4.69, 9.17) is 15.7 Å². The largest absolute Gasteiger partial charge is 0.507 e. The average molecular weight is 358 g/mol. The second kappa shape index (κ2) is 7.21. The molecule has 0 radical (unpaired) electrons. The first-order valence-electron chi connectivity index (χ1n) is 9.14. The fourth-order valence-electron chi connectivity index (χ4n) is 3.19. The van der Waals surface area contributed by atoms with Crippen LogP contribution in [0.15, 0.2) is 60.7 Å². The van der Waals surface area contributed by atoms with E-state index in [9.17, 15) is 5.11 Å². The summed E-state index contributed by atoms with van der Waals surface area (Å²) < 4.78 is 0. The topological polar surface area (TPSA) is 84.1 Å². The van der Waals surface area contributed by atoms with Gasteiger partial charge in [-0.05, 0) is 35.4 Å². The Balaban J connectivity index is 1.92. The number of aromatic hydroxyl groups is 1. The van der Waals surface area contributed by atoms with Gasteiger partial charge in [0.15, 0.2) is 5.82 Å². The molecule has 0 amide bonds. The summed E-state index contributed by atoms with van der Waals surface area (Å²) in [5, 5.41) is 16.8. The molecule has 0 fully saturated rings. The van der Waals surface area contributed by atoms with Crippen molar-refractivity contribution < 1.29 is 5.11 Å². The maximum Gasteiger partial charge on any atom is 0.166 e. The third kappa shape index (κ3) is 3.29. The molecule has 0 bridgehead atoms. The van der Waals surface area contributed by atoms with Gasteiger partial charge in [0.1, 0.15) is 11.6 Å². The average Bonchev–Trinajstić information content (AvgIpc) is 2.71. The quantitative estimate of drug-likeness (QED) is 0.495. The van der Waals surface area contributed by atoms with Gasteiger partial charge in [-0.25, -0.2) is 9.97 Å². The van der Waals surface area contributed by atoms with Gasteiger partial charge in [0.05, 0.1) is 11.1 Å². The summed E-state index contributed by atoms with van der Waals surface area (Å²) in [6.45, 7) is 2.68. The highest BCUT2D eigenvalue weighted by atomic mass is 16.3. The number of anilines is 1. The Morgan fingerprint density at radius 2 is 1.70 bits per heavy atom. The Morgan fingerprint density at radius 1 is 0.963 bits per heavy atom. The van der Waals surface area contributed by atoms with E-state index < -0.39 is 0 Å². The predicted octanol–water partition coefficient (Wildman–Crippen LogP) is 4.30. The summed E-state index contributed by atoms with van der Waals surface area (Å²) in [6.07, 6.45) is 0.882. The highest BCUT2D eigenvalue weighted by Crippen LogP contribution is 2.36. The molecule has 1 atom stereocenters. The summed E-state index contributed by atoms with van der Waals surface area (Å²) in [4.78, 5) is 9.47. The van der Waals surface area contributed by atoms with Gasteiger partial charge in [0.25, 0.3) is 0 Å². The molecule has 136 valence electrons. The molecule has 4 aromatic rings. The first kappa shape index (κ1) is 17.2. The van der Waals surface area contributed by atoms with Gasteiger partial charge in [-0.2, -0.15) is 0 Å². The summed E-state index contributed by atoms with van der Waals surface area (Å²) in [6, 6.07) is 19.4. The molecule has 5 nitrogen and oxygen atoms in total. The lowest BCUT2D eigenvalue weighted by atomic mass is 10.0. The van der Waals surface area contributed by atoms with Gasteiger partial charge in [0, 0.05) is 18.0 Å². The standard InChI is InChI=1S/C22H22N4O/c1-2-15(23)13-24-21-17-9-5-6-10-18(17)25-22(26-21)20-16-8-4-3-7-14(16)11-12-19(20)27/h3-12,15,27H,2,13,23H2,1H3,(H,24,25,26)/t15-/m0/s1. The molecule has 0 saturated heterocycles. The SMILES string of the molecule is CC[C@H](N)CNc1nc(-c2c(O)ccc3ccccc23)nc2ccccc12. The van der Waals surface area contributed by atoms with Gasteiger partial charge >= 0.3 is 0 Å². The second-order valence-corrected chi connectivity index (χ2v) is 6.64. The molecule has 27 heavy (non-hydrogen) atoms. The highest BCUT2D eigenvalue weighted by molar-refractivity contribution is 6.00. The van der Waals surface area contributed by atoms with E-state index in [1.807, 2.05) is 54.6 Å². The first-order chi connectivity index (χ1) is 13.2. The number of fused-ring (bicyclic) bond motifs is 2. The van der Waals surface area contributed by atoms with Crippen LogP contribution < -0.4 is 11.1 Å². The van der Waals surface area contributed by atoms with Crippen LogP contribution in [0.5, 0.6) is 5.75 Å². The van der Waals surface area contributed by atoms with E-state index in [1.165, 1.54) is 0 Å². The van der Waals surface area contributed by atoms with E-state index >= 15 is 0 Å². The van der Waals surface area contributed by atoms with Crippen molar-refractivity contribution in [1.29, 1.82) is 0 Å². The van der Waals surface area contributed by atoms with Gasteiger partial charge < -0.3 is 16.2 Å². The highest BCUT2D eigenvalue weighted by Gasteiger charge is 2.15. The van der Waals surface area contributed by atoms with E-state index in [1.54, 1.807) is 6.07 Å². The van der Waals surface area contributed by atoms with Crippen LogP contribution in [-0.4, -0.2) is 27.7 Å². The Bertz CT molecular complexity index is 1110. The summed E-state index contributed by atoms with van der Waals surface area (Å²) in [5.74, 6) is 1.39. The Kier molecular flexibility index (Phi) is 4.60. The van der Waals surface area contributed by atoms with Gasteiger partial charge in [-0.3, -0.25) is 0 Å². The van der Waals surface area contributed by atoms with Crippen molar-refractivity contribution >= 4 is 27.5 Å². The normalized spacial score (nSPS) is 12.4. The number of benzene rings is 3. The Hall–Kier alpha value is -3.18. The number of nitrogens with one attached hydrogen (secondary N) is 1. The summed E-state index contributed by atoms with van der Waals surface area (Å²) >= 11 is 0. The smallest absolute Gasteiger partial charge is 0.166 e. The van der Waals surface area contributed by atoms with E-state index in [-0.39, 0.29) is 11.8 Å². The van der Waals surface area contributed by atoms with Crippen molar-refractivity contribution in [2.45, 2.75) is 19.4 Å². The lowest BCUT2D eigenvalue weighted by Gasteiger charge is -2.15. The molecule has 0 spiro atoms. The molecule has 0 aliphatic rings. The first-order valence-corrected chi connectivity index (χ1v) is 9.14. The van der Waals surface area contributed by atoms with Crippen molar-refractivity contribution in [2.24, 2.45) is 5.73 Å². The number of para-hydroxylation sites is 1. The van der Waals surface area contributed by atoms with Crippen molar-refractivity contribution in [3.63, 3.8) is 0 Å². The Morgan fingerprint density at radius 3 is 2.52 bits per heavy atom. The number of nitrogens with zero attached hydrogens (tertiary/aromatic N) is 2. The molecular weight excluding hydrogens is 336 g/mol. The van der Waals surface area contributed by atoms with Crippen LogP contribution in [0, 0.1) is 0 Å². The number of hydrogen-bond donors (Lipinski definition) is 3. The minimum Gasteiger partial charge on any atom is -0.507 e. The van der Waals surface area contributed by atoms with Crippen LogP contribution in [0.1, 0.15) is 13.3 Å². The molecule has 1 aromatic heterocycles. The lowest BCUT2D eigenvalue weighted by molar-refractivity contribution is 0.477. The van der Waals surface area contributed by atoms with Crippen LogP contribution >= 0.6 is 0 Å². The molecular formula is C22H22N4O. The monoisotopic (exact) mass is 358 g/mol. The van der Waals surface area contributed by atoms with Crippen LogP contribution in [0.2, 0.25) is 0 Å². The zero-order valence-corrected chi connectivity index (χ0v) is 15.2. The number of hydrogen-bond acceptors (Lipinski definition) is 5. The maximum absolute atomic E-state index is 10.6. The third-order valence-electron chi connectivity index (χ3n) is 4.79. The van der Waals surface area contributed by atoms with Crippen molar-refractivity contribution in [2.75, 3.05) is 11.9 Å². The Labute approximate surface area is 157 Å². The summed E-state index contributed by atoms with van der Waals surface area (Å²) in [5.41, 5.74) is 7.53. The van der Waals surface area contributed by atoms with Crippen LogP contribution in [0.4, 0.5) is 5.82 Å². The lowest BCUT2D eigenvalue weighted by Crippen LogP contribution is -2.28. The molecule has 0 aliphatic heterocycles. The molecule has 4 rings (SSSR count). The number of rotatable bonds is 5. The zero-order chi connectivity index (χ0) is 18.8.